The molecule has 0 fully saturated rings. The zero-order valence-electron chi connectivity index (χ0n) is 17.5. The number of benzene rings is 3. The molecular weight excluding hydrogens is 416 g/mol. The van der Waals surface area contributed by atoms with Crippen LogP contribution in [0.5, 0.6) is 0 Å². The molecule has 0 saturated heterocycles. The maximum absolute atomic E-state index is 12.7. The van der Waals surface area contributed by atoms with Crippen LogP contribution in [-0.2, 0) is 12.8 Å². The van der Waals surface area contributed by atoms with Gasteiger partial charge in [0.15, 0.2) is 10.9 Å². The lowest BCUT2D eigenvalue weighted by molar-refractivity contribution is 0.102. The van der Waals surface area contributed by atoms with Crippen LogP contribution in [0.15, 0.2) is 78.2 Å². The first-order valence-corrected chi connectivity index (χ1v) is 11.6. The molecule has 5 rings (SSSR count). The van der Waals surface area contributed by atoms with E-state index in [4.69, 9.17) is 0 Å². The zero-order valence-corrected chi connectivity index (χ0v) is 18.3. The second-order valence-corrected chi connectivity index (χ2v) is 8.81. The fourth-order valence-electron chi connectivity index (χ4n) is 4.05. The number of nitrogens with one attached hydrogen (secondary N) is 1. The van der Waals surface area contributed by atoms with E-state index in [1.165, 1.54) is 35.3 Å². The first-order chi connectivity index (χ1) is 15.7. The molecule has 0 radical (unpaired) electrons. The topological polar surface area (TPSA) is 59.1 Å². The fourth-order valence-corrected chi connectivity index (χ4v) is 4.77. The largest absolute Gasteiger partial charge is 0.298 e. The van der Waals surface area contributed by atoms with E-state index in [1.54, 1.807) is 36.4 Å². The van der Waals surface area contributed by atoms with Gasteiger partial charge in [-0.1, -0.05) is 54.6 Å². The molecule has 1 aliphatic carbocycles. The average Bonchev–Trinajstić information content (AvgIpc) is 3.32. The van der Waals surface area contributed by atoms with E-state index in [0.717, 1.165) is 24.1 Å². The number of ketones is 1. The average molecular weight is 439 g/mol. The number of anilines is 1. The van der Waals surface area contributed by atoms with Crippen molar-refractivity contribution in [2.45, 2.75) is 25.7 Å². The van der Waals surface area contributed by atoms with Gasteiger partial charge in [-0.2, -0.15) is 0 Å². The Morgan fingerprint density at radius 2 is 1.47 bits per heavy atom. The highest BCUT2D eigenvalue weighted by Crippen LogP contribution is 2.29. The van der Waals surface area contributed by atoms with Gasteiger partial charge in [0.05, 0.1) is 5.69 Å². The summed E-state index contributed by atoms with van der Waals surface area (Å²) in [5.74, 6) is -0.303. The summed E-state index contributed by atoms with van der Waals surface area (Å²) >= 11 is 1.41. The minimum atomic E-state index is -0.241. The van der Waals surface area contributed by atoms with Gasteiger partial charge in [0, 0.05) is 27.6 Å². The normalized spacial score (nSPS) is 12.8. The Morgan fingerprint density at radius 1 is 0.781 bits per heavy atom. The molecule has 1 aromatic heterocycles. The molecule has 1 aliphatic rings. The number of aryl methyl sites for hydroxylation is 2. The number of aromatic nitrogens is 1. The Labute approximate surface area is 191 Å². The van der Waals surface area contributed by atoms with Gasteiger partial charge >= 0.3 is 0 Å². The Bertz CT molecular complexity index is 1280. The van der Waals surface area contributed by atoms with E-state index in [9.17, 15) is 9.59 Å². The molecule has 4 aromatic rings. The summed E-state index contributed by atoms with van der Waals surface area (Å²) in [6.45, 7) is 0. The van der Waals surface area contributed by atoms with Crippen molar-refractivity contribution in [3.8, 4) is 11.3 Å². The third-order valence-electron chi connectivity index (χ3n) is 5.81. The van der Waals surface area contributed by atoms with E-state index in [1.807, 2.05) is 23.6 Å². The van der Waals surface area contributed by atoms with Gasteiger partial charge in [-0.25, -0.2) is 4.98 Å². The van der Waals surface area contributed by atoms with Crippen molar-refractivity contribution in [1.29, 1.82) is 0 Å². The van der Waals surface area contributed by atoms with Crippen molar-refractivity contribution < 1.29 is 9.59 Å². The number of carbonyl (C=O) groups is 2. The molecule has 158 valence electrons. The molecule has 1 amide bonds. The number of amides is 1. The monoisotopic (exact) mass is 438 g/mol. The van der Waals surface area contributed by atoms with Gasteiger partial charge in [0.1, 0.15) is 0 Å². The third kappa shape index (κ3) is 4.25. The molecule has 0 saturated carbocycles. The standard InChI is InChI=1S/C27H22N2O2S/c30-25(19-7-2-1-3-8-19)20-11-13-21(14-12-20)26(31)29-27-28-24(17-32-27)23-15-10-18-6-4-5-9-22(18)16-23/h1-3,7-8,10-17H,4-6,9H2,(H,28,29,31). The molecule has 1 N–H and O–H groups in total. The lowest BCUT2D eigenvalue weighted by Crippen LogP contribution is -2.12. The summed E-state index contributed by atoms with van der Waals surface area (Å²) in [4.78, 5) is 29.8. The molecule has 3 aromatic carbocycles. The van der Waals surface area contributed by atoms with E-state index in [0.29, 0.717) is 21.8 Å². The quantitative estimate of drug-likeness (QED) is 0.379. The molecule has 0 spiro atoms. The summed E-state index contributed by atoms with van der Waals surface area (Å²) in [5, 5.41) is 5.41. The van der Waals surface area contributed by atoms with E-state index < -0.39 is 0 Å². The van der Waals surface area contributed by atoms with E-state index in [2.05, 4.69) is 28.5 Å². The molecule has 5 heteroatoms. The van der Waals surface area contributed by atoms with Gasteiger partial charge in [0.25, 0.3) is 5.91 Å². The van der Waals surface area contributed by atoms with Crippen molar-refractivity contribution in [3.63, 3.8) is 0 Å². The Morgan fingerprint density at radius 3 is 2.25 bits per heavy atom. The molecule has 4 nitrogen and oxygen atoms in total. The molecule has 32 heavy (non-hydrogen) atoms. The number of nitrogens with zero attached hydrogens (tertiary/aromatic N) is 1. The van der Waals surface area contributed by atoms with Gasteiger partial charge in [-0.05, 0) is 55.0 Å². The van der Waals surface area contributed by atoms with Crippen molar-refractivity contribution in [3.05, 3.63) is 106 Å². The highest BCUT2D eigenvalue weighted by molar-refractivity contribution is 7.14. The summed E-state index contributed by atoms with van der Waals surface area (Å²) in [6, 6.07) is 22.4. The van der Waals surface area contributed by atoms with Crippen LogP contribution < -0.4 is 5.32 Å². The van der Waals surface area contributed by atoms with Crippen LogP contribution in [0, 0.1) is 0 Å². The van der Waals surface area contributed by atoms with Gasteiger partial charge in [0.2, 0.25) is 0 Å². The van der Waals surface area contributed by atoms with Gasteiger partial charge in [-0.3, -0.25) is 14.9 Å². The van der Waals surface area contributed by atoms with Crippen LogP contribution in [0.1, 0.15) is 50.2 Å². The molecule has 0 aliphatic heterocycles. The first-order valence-electron chi connectivity index (χ1n) is 10.8. The van der Waals surface area contributed by atoms with Crippen molar-refractivity contribution in [2.75, 3.05) is 5.32 Å². The summed E-state index contributed by atoms with van der Waals surface area (Å²) in [7, 11) is 0. The molecule has 0 unspecified atom stereocenters. The highest BCUT2D eigenvalue weighted by Gasteiger charge is 2.14. The summed E-state index contributed by atoms with van der Waals surface area (Å²) in [5.41, 5.74) is 6.49. The lowest BCUT2D eigenvalue weighted by atomic mass is 9.90. The number of hydrogen-bond donors (Lipinski definition) is 1. The number of rotatable bonds is 5. The molecule has 0 bridgehead atoms. The first kappa shape index (κ1) is 20.3. The zero-order chi connectivity index (χ0) is 21.9. The minimum absolute atomic E-state index is 0.0628. The fraction of sp³-hybridized carbons (Fsp3) is 0.148. The second kappa shape index (κ2) is 8.89. The predicted molar refractivity (Wildman–Crippen MR) is 128 cm³/mol. The van der Waals surface area contributed by atoms with E-state index >= 15 is 0 Å². The van der Waals surface area contributed by atoms with Gasteiger partial charge in [-0.15, -0.1) is 11.3 Å². The summed E-state index contributed by atoms with van der Waals surface area (Å²) in [6.07, 6.45) is 4.79. The smallest absolute Gasteiger partial charge is 0.257 e. The number of hydrogen-bond acceptors (Lipinski definition) is 4. The van der Waals surface area contributed by atoms with Crippen LogP contribution >= 0.6 is 11.3 Å². The van der Waals surface area contributed by atoms with Crippen molar-refractivity contribution in [2.24, 2.45) is 0 Å². The Kier molecular flexibility index (Phi) is 5.65. The maximum Gasteiger partial charge on any atom is 0.257 e. The number of fused-ring (bicyclic) bond motifs is 1. The third-order valence-corrected chi connectivity index (χ3v) is 6.57. The summed E-state index contributed by atoms with van der Waals surface area (Å²) < 4.78 is 0. The van der Waals surface area contributed by atoms with Crippen molar-refractivity contribution in [1.82, 2.24) is 4.98 Å². The molecule has 0 atom stereocenters. The van der Waals surface area contributed by atoms with Crippen LogP contribution in [0.25, 0.3) is 11.3 Å². The lowest BCUT2D eigenvalue weighted by Gasteiger charge is -2.16. The minimum Gasteiger partial charge on any atom is -0.298 e. The molecular formula is C27H22N2O2S. The van der Waals surface area contributed by atoms with Crippen LogP contribution in [-0.4, -0.2) is 16.7 Å². The Hall–Kier alpha value is -3.57. The van der Waals surface area contributed by atoms with Gasteiger partial charge < -0.3 is 0 Å². The number of thiazole rings is 1. The number of carbonyl (C=O) groups excluding carboxylic acids is 2. The highest BCUT2D eigenvalue weighted by atomic mass is 32.1. The van der Waals surface area contributed by atoms with E-state index in [-0.39, 0.29) is 11.7 Å². The Balaban J connectivity index is 1.28. The second-order valence-electron chi connectivity index (χ2n) is 7.96. The van der Waals surface area contributed by atoms with Crippen LogP contribution in [0.3, 0.4) is 0 Å². The SMILES string of the molecule is O=C(Nc1nc(-c2ccc3c(c2)CCCC3)cs1)c1ccc(C(=O)c2ccccc2)cc1. The van der Waals surface area contributed by atoms with Crippen LogP contribution in [0.2, 0.25) is 0 Å². The predicted octanol–water partition coefficient (Wildman–Crippen LogP) is 6.17. The van der Waals surface area contributed by atoms with Crippen molar-refractivity contribution >= 4 is 28.2 Å². The maximum atomic E-state index is 12.7. The van der Waals surface area contributed by atoms with Crippen LogP contribution in [0.4, 0.5) is 5.13 Å². The molecule has 1 heterocycles.